The summed E-state index contributed by atoms with van der Waals surface area (Å²) in [5, 5.41) is 8.30. The minimum absolute atomic E-state index is 0.0394. The quantitative estimate of drug-likeness (QED) is 0.435. The first kappa shape index (κ1) is 23.3. The van der Waals surface area contributed by atoms with Crippen LogP contribution in [0.3, 0.4) is 0 Å². The zero-order valence-electron chi connectivity index (χ0n) is 16.7. The fourth-order valence-electron chi connectivity index (χ4n) is 1.98. The summed E-state index contributed by atoms with van der Waals surface area (Å²) < 4.78 is 5.15. The maximum Gasteiger partial charge on any atom is 0.407 e. The molecule has 3 amide bonds. The largest absolute Gasteiger partial charge is 0.444 e. The van der Waals surface area contributed by atoms with Crippen molar-refractivity contribution >= 4 is 24.6 Å². The highest BCUT2D eigenvalue weighted by Gasteiger charge is 2.22. The lowest BCUT2D eigenvalue weighted by Gasteiger charge is -2.22. The zero-order chi connectivity index (χ0) is 19.6. The summed E-state index contributed by atoms with van der Waals surface area (Å²) in [6, 6.07) is -0.555. The molecular formula is C17H34BN3O4. The summed E-state index contributed by atoms with van der Waals surface area (Å²) in [7, 11) is 0. The van der Waals surface area contributed by atoms with E-state index in [0.29, 0.717) is 32.5 Å². The number of amides is 3. The van der Waals surface area contributed by atoms with Crippen molar-refractivity contribution in [1.82, 2.24) is 16.0 Å². The van der Waals surface area contributed by atoms with Crippen LogP contribution in [0.2, 0.25) is 13.6 Å². The zero-order valence-corrected chi connectivity index (χ0v) is 16.7. The van der Waals surface area contributed by atoms with Gasteiger partial charge in [-0.15, -0.1) is 0 Å². The van der Waals surface area contributed by atoms with Crippen LogP contribution in [0, 0.1) is 0 Å². The van der Waals surface area contributed by atoms with E-state index in [-0.39, 0.29) is 17.8 Å². The number of unbranched alkanes of at least 4 members (excludes halogenated alkanes) is 1. The first-order valence-corrected chi connectivity index (χ1v) is 8.96. The number of alkyl carbamates (subject to hydrolysis) is 1. The first-order valence-electron chi connectivity index (χ1n) is 8.96. The normalized spacial score (nSPS) is 13.4. The molecule has 0 saturated heterocycles. The van der Waals surface area contributed by atoms with Crippen molar-refractivity contribution < 1.29 is 19.1 Å². The Morgan fingerprint density at radius 1 is 1.08 bits per heavy atom. The third-order valence-electron chi connectivity index (χ3n) is 3.65. The van der Waals surface area contributed by atoms with Crippen LogP contribution in [-0.4, -0.2) is 48.7 Å². The van der Waals surface area contributed by atoms with Crippen LogP contribution in [0.25, 0.3) is 0 Å². The topological polar surface area (TPSA) is 96.5 Å². The molecule has 0 aromatic rings. The van der Waals surface area contributed by atoms with E-state index in [2.05, 4.69) is 16.0 Å². The van der Waals surface area contributed by atoms with Crippen molar-refractivity contribution in [1.29, 1.82) is 0 Å². The monoisotopic (exact) mass is 355 g/mol. The molecule has 0 aliphatic heterocycles. The van der Waals surface area contributed by atoms with Gasteiger partial charge in [0.05, 0.1) is 0 Å². The van der Waals surface area contributed by atoms with E-state index in [1.807, 2.05) is 20.6 Å². The Bertz CT molecular complexity index is 450. The molecule has 0 radical (unpaired) electrons. The van der Waals surface area contributed by atoms with E-state index in [0.717, 1.165) is 0 Å². The molecule has 0 rings (SSSR count). The second-order valence-electron chi connectivity index (χ2n) is 7.72. The molecule has 1 unspecified atom stereocenters. The molecule has 25 heavy (non-hydrogen) atoms. The number of rotatable bonds is 9. The molecule has 0 bridgehead atoms. The van der Waals surface area contributed by atoms with Gasteiger partial charge in [0, 0.05) is 19.4 Å². The van der Waals surface area contributed by atoms with Crippen molar-refractivity contribution in [2.75, 3.05) is 6.54 Å². The Morgan fingerprint density at radius 2 is 1.68 bits per heavy atom. The molecule has 0 fully saturated rings. The van der Waals surface area contributed by atoms with Gasteiger partial charge in [0.2, 0.25) is 11.8 Å². The summed E-state index contributed by atoms with van der Waals surface area (Å²) in [5.74, 6) is -0.363. The second kappa shape index (κ2) is 11.0. The van der Waals surface area contributed by atoms with Gasteiger partial charge < -0.3 is 20.7 Å². The summed E-state index contributed by atoms with van der Waals surface area (Å²) in [4.78, 5) is 35.2. The van der Waals surface area contributed by atoms with Crippen molar-refractivity contribution in [2.45, 2.75) is 85.1 Å². The Kier molecular flexibility index (Phi) is 10.2. The van der Waals surface area contributed by atoms with E-state index >= 15 is 0 Å². The van der Waals surface area contributed by atoms with E-state index in [4.69, 9.17) is 4.74 Å². The second-order valence-corrected chi connectivity index (χ2v) is 7.72. The van der Waals surface area contributed by atoms with Gasteiger partial charge in [-0.05, 0) is 40.0 Å². The molecule has 0 aliphatic carbocycles. The van der Waals surface area contributed by atoms with Crippen molar-refractivity contribution in [3.05, 3.63) is 0 Å². The standard InChI is InChI=1S/C17H34BN3O4/c1-12(18(6)7)20-15(23)14(21-13(2)22)10-8-9-11-19-16(24)25-17(3,4)5/h12,14H,8-11H2,1-7H3,(H,19,24)(H,20,23)(H,21,22)/t12?,14-/m0/s1. The molecular weight excluding hydrogens is 321 g/mol. The number of hydrogen-bond acceptors (Lipinski definition) is 4. The Hall–Kier alpha value is -1.73. The van der Waals surface area contributed by atoms with E-state index in [1.165, 1.54) is 6.92 Å². The predicted molar refractivity (Wildman–Crippen MR) is 101 cm³/mol. The van der Waals surface area contributed by atoms with Crippen LogP contribution in [0.5, 0.6) is 0 Å². The molecule has 0 aromatic heterocycles. The van der Waals surface area contributed by atoms with Gasteiger partial charge in [-0.1, -0.05) is 20.6 Å². The Labute approximate surface area is 152 Å². The summed E-state index contributed by atoms with van der Waals surface area (Å²) in [5.41, 5.74) is -0.522. The third-order valence-corrected chi connectivity index (χ3v) is 3.65. The van der Waals surface area contributed by atoms with Gasteiger partial charge in [-0.3, -0.25) is 9.59 Å². The van der Waals surface area contributed by atoms with Crippen molar-refractivity contribution in [3.8, 4) is 0 Å². The lowest BCUT2D eigenvalue weighted by atomic mass is 9.49. The highest BCUT2D eigenvalue weighted by atomic mass is 16.6. The SMILES string of the molecule is CB(C)C(C)NC(=O)[C@H](CCCCNC(=O)OC(C)(C)C)NC(C)=O. The highest BCUT2D eigenvalue weighted by molar-refractivity contribution is 6.57. The molecule has 0 aromatic carbocycles. The fourth-order valence-corrected chi connectivity index (χ4v) is 1.98. The molecule has 0 heterocycles. The summed E-state index contributed by atoms with van der Waals surface area (Å²) in [6.07, 6.45) is 1.47. The van der Waals surface area contributed by atoms with Crippen LogP contribution in [0.1, 0.15) is 53.9 Å². The van der Waals surface area contributed by atoms with Crippen molar-refractivity contribution in [2.24, 2.45) is 0 Å². The smallest absolute Gasteiger partial charge is 0.407 e. The molecule has 2 atom stereocenters. The molecule has 7 nitrogen and oxygen atoms in total. The van der Waals surface area contributed by atoms with Gasteiger partial charge in [-0.25, -0.2) is 4.79 Å². The van der Waals surface area contributed by atoms with E-state index < -0.39 is 17.7 Å². The first-order chi connectivity index (χ1) is 11.4. The number of nitrogens with one attached hydrogen (secondary N) is 3. The van der Waals surface area contributed by atoms with Crippen molar-refractivity contribution in [3.63, 3.8) is 0 Å². The minimum Gasteiger partial charge on any atom is -0.444 e. The maximum absolute atomic E-state index is 12.3. The molecule has 144 valence electrons. The highest BCUT2D eigenvalue weighted by Crippen LogP contribution is 2.07. The Balaban J connectivity index is 4.26. The molecule has 0 spiro atoms. The van der Waals surface area contributed by atoms with Crippen LogP contribution in [0.15, 0.2) is 0 Å². The predicted octanol–water partition coefficient (Wildman–Crippen LogP) is 1.98. The summed E-state index contributed by atoms with van der Waals surface area (Å²) in [6.45, 7) is 13.6. The summed E-state index contributed by atoms with van der Waals surface area (Å²) >= 11 is 0. The van der Waals surface area contributed by atoms with Crippen LogP contribution >= 0.6 is 0 Å². The van der Waals surface area contributed by atoms with Gasteiger partial charge in [-0.2, -0.15) is 0 Å². The van der Waals surface area contributed by atoms with Crippen LogP contribution in [0.4, 0.5) is 4.79 Å². The maximum atomic E-state index is 12.3. The number of carbonyl (C=O) groups is 3. The van der Waals surface area contributed by atoms with Gasteiger partial charge in [0.1, 0.15) is 11.6 Å². The van der Waals surface area contributed by atoms with E-state index in [9.17, 15) is 14.4 Å². The van der Waals surface area contributed by atoms with Crippen LogP contribution in [-0.2, 0) is 14.3 Å². The number of carbonyl (C=O) groups excluding carboxylic acids is 3. The minimum atomic E-state index is -0.555. The average molecular weight is 355 g/mol. The average Bonchev–Trinajstić information content (AvgIpc) is 2.42. The number of hydrogen-bond donors (Lipinski definition) is 3. The van der Waals surface area contributed by atoms with E-state index in [1.54, 1.807) is 20.8 Å². The lowest BCUT2D eigenvalue weighted by molar-refractivity contribution is -0.128. The van der Waals surface area contributed by atoms with Crippen LogP contribution < -0.4 is 16.0 Å². The third kappa shape index (κ3) is 12.3. The Morgan fingerprint density at radius 3 is 2.16 bits per heavy atom. The molecule has 0 saturated carbocycles. The fraction of sp³-hybridized carbons (Fsp3) is 0.824. The molecule has 3 N–H and O–H groups in total. The molecule has 8 heteroatoms. The number of ether oxygens (including phenoxy) is 1. The van der Waals surface area contributed by atoms with Gasteiger partial charge in [0.25, 0.3) is 0 Å². The van der Waals surface area contributed by atoms with Gasteiger partial charge >= 0.3 is 6.09 Å². The van der Waals surface area contributed by atoms with Gasteiger partial charge in [0.15, 0.2) is 6.71 Å². The molecule has 0 aliphatic rings. The lowest BCUT2D eigenvalue weighted by Crippen LogP contribution is -2.51.